The number of benzene rings is 2. The first-order valence-electron chi connectivity index (χ1n) is 8.67. The zero-order valence-corrected chi connectivity index (χ0v) is 16.9. The van der Waals surface area contributed by atoms with Crippen molar-refractivity contribution < 1.29 is 14.3 Å². The predicted molar refractivity (Wildman–Crippen MR) is 114 cm³/mol. The molecule has 2 aromatic carbocycles. The molecule has 2 N–H and O–H groups in total. The van der Waals surface area contributed by atoms with E-state index in [0.717, 1.165) is 0 Å². The van der Waals surface area contributed by atoms with E-state index in [1.807, 2.05) is 0 Å². The summed E-state index contributed by atoms with van der Waals surface area (Å²) >= 11 is 12.0. The lowest BCUT2D eigenvalue weighted by molar-refractivity contribution is -0.122. The number of nitrogens with one attached hydrogen (secondary N) is 2. The summed E-state index contributed by atoms with van der Waals surface area (Å²) in [5, 5.41) is 6.11. The Labute approximate surface area is 177 Å². The Hall–Kier alpha value is -3.09. The number of carbonyl (C=O) groups excluding carboxylic acids is 2. The van der Waals surface area contributed by atoms with Crippen LogP contribution in [0.25, 0.3) is 0 Å². The highest BCUT2D eigenvalue weighted by molar-refractivity contribution is 6.42. The van der Waals surface area contributed by atoms with Crippen LogP contribution in [0, 0.1) is 0 Å². The minimum absolute atomic E-state index is 0.245. The molecule has 6 nitrogen and oxygen atoms in total. The molecule has 0 radical (unpaired) electrons. The average molecular weight is 430 g/mol. The first-order chi connectivity index (χ1) is 13.9. The van der Waals surface area contributed by atoms with Gasteiger partial charge in [-0.3, -0.25) is 14.6 Å². The molecule has 0 aliphatic rings. The summed E-state index contributed by atoms with van der Waals surface area (Å²) in [6.07, 6.45) is 2.26. The highest BCUT2D eigenvalue weighted by atomic mass is 35.5. The van der Waals surface area contributed by atoms with Gasteiger partial charge in [-0.05, 0) is 49.4 Å². The molecule has 0 saturated heterocycles. The summed E-state index contributed by atoms with van der Waals surface area (Å²) in [6, 6.07) is 15.0. The largest absolute Gasteiger partial charge is 0.479 e. The Balaban J connectivity index is 1.64. The Kier molecular flexibility index (Phi) is 6.69. The Bertz CT molecular complexity index is 1030. The minimum Gasteiger partial charge on any atom is -0.479 e. The van der Waals surface area contributed by atoms with Gasteiger partial charge in [-0.1, -0.05) is 35.3 Å². The summed E-state index contributed by atoms with van der Waals surface area (Å²) in [5.74, 6) is -0.331. The molecule has 0 fully saturated rings. The first kappa shape index (κ1) is 20.6. The van der Waals surface area contributed by atoms with Crippen molar-refractivity contribution in [3.63, 3.8) is 0 Å². The zero-order valence-electron chi connectivity index (χ0n) is 15.4. The summed E-state index contributed by atoms with van der Waals surface area (Å²) in [7, 11) is 0. The fraction of sp³-hybridized carbons (Fsp3) is 0.0952. The third-order valence-electron chi connectivity index (χ3n) is 3.92. The van der Waals surface area contributed by atoms with Crippen molar-refractivity contribution in [2.24, 2.45) is 0 Å². The lowest BCUT2D eigenvalue weighted by Gasteiger charge is -2.16. The van der Waals surface area contributed by atoms with E-state index in [2.05, 4.69) is 15.6 Å². The number of halogens is 2. The number of hydrogen-bond donors (Lipinski definition) is 2. The van der Waals surface area contributed by atoms with Crippen molar-refractivity contribution in [3.8, 4) is 5.75 Å². The second-order valence-corrected chi connectivity index (χ2v) is 6.86. The van der Waals surface area contributed by atoms with Crippen molar-refractivity contribution in [2.45, 2.75) is 13.0 Å². The number of pyridine rings is 1. The predicted octanol–water partition coefficient (Wildman–Crippen LogP) is 5.05. The third kappa shape index (κ3) is 5.47. The molecule has 0 aliphatic heterocycles. The minimum atomic E-state index is -0.818. The lowest BCUT2D eigenvalue weighted by Crippen LogP contribution is -2.30. The highest BCUT2D eigenvalue weighted by Gasteiger charge is 2.17. The maximum absolute atomic E-state index is 12.5. The molecule has 3 aromatic rings. The van der Waals surface area contributed by atoms with Gasteiger partial charge in [-0.2, -0.15) is 0 Å². The van der Waals surface area contributed by atoms with Gasteiger partial charge in [-0.15, -0.1) is 0 Å². The molecular formula is C21H17Cl2N3O3. The third-order valence-corrected chi connectivity index (χ3v) is 4.72. The van der Waals surface area contributed by atoms with E-state index in [1.54, 1.807) is 73.9 Å². The summed E-state index contributed by atoms with van der Waals surface area (Å²) in [4.78, 5) is 28.6. The average Bonchev–Trinajstić information content (AvgIpc) is 2.72. The maximum atomic E-state index is 12.5. The van der Waals surface area contributed by atoms with Crippen molar-refractivity contribution in [1.29, 1.82) is 0 Å². The summed E-state index contributed by atoms with van der Waals surface area (Å²) in [5.41, 5.74) is 1.53. The number of ether oxygens (including phenoxy) is 1. The monoisotopic (exact) mass is 429 g/mol. The van der Waals surface area contributed by atoms with Crippen LogP contribution < -0.4 is 15.4 Å². The van der Waals surface area contributed by atoms with Gasteiger partial charge >= 0.3 is 0 Å². The number of nitrogens with zero attached hydrogens (tertiary/aromatic N) is 1. The Morgan fingerprint density at radius 2 is 1.62 bits per heavy atom. The molecule has 1 heterocycles. The van der Waals surface area contributed by atoms with E-state index >= 15 is 0 Å². The van der Waals surface area contributed by atoms with Gasteiger partial charge in [0.1, 0.15) is 10.8 Å². The van der Waals surface area contributed by atoms with Gasteiger partial charge < -0.3 is 15.4 Å². The van der Waals surface area contributed by atoms with Gasteiger partial charge in [0.2, 0.25) is 0 Å². The van der Waals surface area contributed by atoms with Crippen LogP contribution >= 0.6 is 23.2 Å². The molecule has 2 amide bonds. The van der Waals surface area contributed by atoms with Crippen LogP contribution in [0.1, 0.15) is 17.3 Å². The van der Waals surface area contributed by atoms with Crippen molar-refractivity contribution in [2.75, 3.05) is 10.6 Å². The van der Waals surface area contributed by atoms with Gasteiger partial charge in [0.25, 0.3) is 11.8 Å². The summed E-state index contributed by atoms with van der Waals surface area (Å²) < 4.78 is 5.61. The van der Waals surface area contributed by atoms with Crippen LogP contribution in [-0.4, -0.2) is 22.9 Å². The van der Waals surface area contributed by atoms with Crippen molar-refractivity contribution in [1.82, 2.24) is 4.98 Å². The van der Waals surface area contributed by atoms with Crippen LogP contribution in [0.3, 0.4) is 0 Å². The van der Waals surface area contributed by atoms with Gasteiger partial charge in [0, 0.05) is 29.3 Å². The van der Waals surface area contributed by atoms with Gasteiger partial charge in [0.05, 0.1) is 5.02 Å². The molecule has 8 heteroatoms. The SMILES string of the molecule is CC(Oc1cccc(Cl)c1Cl)C(=O)Nc1cccc(NC(=O)c2ccncc2)c1. The van der Waals surface area contributed by atoms with Gasteiger partial charge in [0.15, 0.2) is 6.10 Å². The molecule has 0 bridgehead atoms. The molecular weight excluding hydrogens is 413 g/mol. The van der Waals surface area contributed by atoms with E-state index in [-0.39, 0.29) is 16.8 Å². The number of aromatic nitrogens is 1. The number of rotatable bonds is 6. The molecule has 1 aromatic heterocycles. The van der Waals surface area contributed by atoms with Crippen LogP contribution in [0.5, 0.6) is 5.75 Å². The Morgan fingerprint density at radius 1 is 0.966 bits per heavy atom. The van der Waals surface area contributed by atoms with Crippen molar-refractivity contribution >= 4 is 46.4 Å². The van der Waals surface area contributed by atoms with E-state index in [0.29, 0.717) is 27.7 Å². The first-order valence-corrected chi connectivity index (χ1v) is 9.42. The van der Waals surface area contributed by atoms with Gasteiger partial charge in [-0.25, -0.2) is 0 Å². The standard InChI is InChI=1S/C21H17Cl2N3O3/c1-13(29-18-7-3-6-17(22)19(18)23)20(27)25-15-4-2-5-16(12-15)26-21(28)14-8-10-24-11-9-14/h2-13H,1H3,(H,25,27)(H,26,28). The van der Waals surface area contributed by atoms with Crippen LogP contribution in [0.4, 0.5) is 11.4 Å². The van der Waals surface area contributed by atoms with Crippen LogP contribution in [-0.2, 0) is 4.79 Å². The van der Waals surface area contributed by atoms with E-state index in [9.17, 15) is 9.59 Å². The van der Waals surface area contributed by atoms with Crippen LogP contribution in [0.15, 0.2) is 67.0 Å². The molecule has 0 aliphatic carbocycles. The number of hydrogen-bond acceptors (Lipinski definition) is 4. The molecule has 0 saturated carbocycles. The van der Waals surface area contributed by atoms with Crippen LogP contribution in [0.2, 0.25) is 10.0 Å². The van der Waals surface area contributed by atoms with E-state index in [1.165, 1.54) is 0 Å². The second kappa shape index (κ2) is 9.41. The second-order valence-electron chi connectivity index (χ2n) is 6.07. The zero-order chi connectivity index (χ0) is 20.8. The topological polar surface area (TPSA) is 80.3 Å². The quantitative estimate of drug-likeness (QED) is 0.574. The molecule has 3 rings (SSSR count). The maximum Gasteiger partial charge on any atom is 0.265 e. The molecule has 1 atom stereocenters. The van der Waals surface area contributed by atoms with Crippen molar-refractivity contribution in [3.05, 3.63) is 82.6 Å². The number of anilines is 2. The smallest absolute Gasteiger partial charge is 0.265 e. The van der Waals surface area contributed by atoms with E-state index in [4.69, 9.17) is 27.9 Å². The lowest BCUT2D eigenvalue weighted by atomic mass is 10.2. The molecule has 0 spiro atoms. The Morgan fingerprint density at radius 3 is 2.34 bits per heavy atom. The van der Waals surface area contributed by atoms with E-state index < -0.39 is 6.10 Å². The number of amides is 2. The normalized spacial score (nSPS) is 11.4. The number of carbonyl (C=O) groups is 2. The molecule has 1 unspecified atom stereocenters. The fourth-order valence-corrected chi connectivity index (χ4v) is 2.78. The molecule has 29 heavy (non-hydrogen) atoms. The summed E-state index contributed by atoms with van der Waals surface area (Å²) in [6.45, 7) is 1.60. The fourth-order valence-electron chi connectivity index (χ4n) is 2.44. The molecule has 148 valence electrons. The highest BCUT2D eigenvalue weighted by Crippen LogP contribution is 2.32.